The average Bonchev–Trinajstić information content (AvgIpc) is 2.65. The van der Waals surface area contributed by atoms with Crippen molar-refractivity contribution in [2.45, 2.75) is 6.42 Å². The van der Waals surface area contributed by atoms with E-state index in [9.17, 15) is 0 Å². The van der Waals surface area contributed by atoms with Crippen molar-refractivity contribution in [3.8, 4) is 0 Å². The fourth-order valence-corrected chi connectivity index (χ4v) is 2.49. The van der Waals surface area contributed by atoms with Crippen LogP contribution in [0.1, 0.15) is 5.56 Å². The summed E-state index contributed by atoms with van der Waals surface area (Å²) >= 11 is 0. The third kappa shape index (κ3) is 1.53. The van der Waals surface area contributed by atoms with Gasteiger partial charge < -0.3 is 9.67 Å². The van der Waals surface area contributed by atoms with Gasteiger partial charge in [0.15, 0.2) is 0 Å². The molecule has 0 fully saturated rings. The van der Waals surface area contributed by atoms with E-state index in [0.717, 1.165) is 6.42 Å². The molecule has 0 bridgehead atoms. The van der Waals surface area contributed by atoms with Crippen LogP contribution in [0.5, 0.6) is 0 Å². The molecule has 1 aromatic heterocycles. The van der Waals surface area contributed by atoms with E-state index >= 15 is 0 Å². The number of aliphatic hydroxyl groups is 1. The van der Waals surface area contributed by atoms with Crippen LogP contribution >= 0.6 is 0 Å². The van der Waals surface area contributed by atoms with Crippen LogP contribution in [0.25, 0.3) is 21.8 Å². The number of para-hydroxylation sites is 1. The van der Waals surface area contributed by atoms with Gasteiger partial charge in [-0.3, -0.25) is 0 Å². The number of aromatic nitrogens is 1. The molecule has 2 aromatic carbocycles. The van der Waals surface area contributed by atoms with Gasteiger partial charge in [0, 0.05) is 35.5 Å². The normalized spacial score (nSPS) is 11.4. The van der Waals surface area contributed by atoms with Crippen molar-refractivity contribution in [2.24, 2.45) is 7.05 Å². The summed E-state index contributed by atoms with van der Waals surface area (Å²) in [6, 6.07) is 14.9. The summed E-state index contributed by atoms with van der Waals surface area (Å²) in [6.45, 7) is 0.204. The highest BCUT2D eigenvalue weighted by Crippen LogP contribution is 2.28. The highest BCUT2D eigenvalue weighted by atomic mass is 16.2. The third-order valence-corrected chi connectivity index (χ3v) is 3.38. The van der Waals surface area contributed by atoms with Gasteiger partial charge in [0.2, 0.25) is 0 Å². The lowest BCUT2D eigenvalue weighted by Crippen LogP contribution is -1.92. The Labute approximate surface area is 100 Å². The predicted molar refractivity (Wildman–Crippen MR) is 71.2 cm³/mol. The van der Waals surface area contributed by atoms with Crippen molar-refractivity contribution < 1.29 is 5.11 Å². The first-order valence-corrected chi connectivity index (χ1v) is 5.88. The number of aliphatic hydroxyl groups excluding tert-OH is 1. The number of hydrogen-bond acceptors (Lipinski definition) is 1. The topological polar surface area (TPSA) is 25.2 Å². The highest BCUT2D eigenvalue weighted by molar-refractivity contribution is 6.08. The Bertz CT molecular complexity index is 682. The van der Waals surface area contributed by atoms with Crippen LogP contribution in [0, 0.1) is 0 Å². The van der Waals surface area contributed by atoms with Gasteiger partial charge in [-0.25, -0.2) is 0 Å². The van der Waals surface area contributed by atoms with Gasteiger partial charge in [0.25, 0.3) is 0 Å². The van der Waals surface area contributed by atoms with Gasteiger partial charge >= 0.3 is 0 Å². The Kier molecular flexibility index (Phi) is 2.37. The number of rotatable bonds is 2. The van der Waals surface area contributed by atoms with Crippen LogP contribution in [-0.4, -0.2) is 16.3 Å². The van der Waals surface area contributed by atoms with Crippen LogP contribution in [0.4, 0.5) is 0 Å². The molecule has 0 aliphatic carbocycles. The quantitative estimate of drug-likeness (QED) is 0.712. The molecule has 1 heterocycles. The monoisotopic (exact) mass is 225 g/mol. The zero-order valence-corrected chi connectivity index (χ0v) is 9.85. The SMILES string of the molecule is Cn1c2ccccc2c2ccc(CCO)cc21. The first kappa shape index (κ1) is 10.4. The summed E-state index contributed by atoms with van der Waals surface area (Å²) in [6.07, 6.45) is 0.720. The van der Waals surface area contributed by atoms with Crippen LogP contribution in [0.3, 0.4) is 0 Å². The number of benzene rings is 2. The molecule has 0 aliphatic heterocycles. The van der Waals surface area contributed by atoms with E-state index in [4.69, 9.17) is 5.11 Å². The minimum Gasteiger partial charge on any atom is -0.396 e. The average molecular weight is 225 g/mol. The first-order chi connectivity index (χ1) is 8.31. The standard InChI is InChI=1S/C15H15NO/c1-16-14-5-3-2-4-12(14)13-7-6-11(8-9-17)10-15(13)16/h2-7,10,17H,8-9H2,1H3. The van der Waals surface area contributed by atoms with E-state index in [1.54, 1.807) is 0 Å². The third-order valence-electron chi connectivity index (χ3n) is 3.38. The van der Waals surface area contributed by atoms with Gasteiger partial charge in [0.1, 0.15) is 0 Å². The first-order valence-electron chi connectivity index (χ1n) is 5.88. The lowest BCUT2D eigenvalue weighted by atomic mass is 10.1. The molecule has 0 atom stereocenters. The van der Waals surface area contributed by atoms with E-state index < -0.39 is 0 Å². The number of aryl methyl sites for hydroxylation is 1. The van der Waals surface area contributed by atoms with E-state index in [0.29, 0.717) is 0 Å². The Morgan fingerprint density at radius 3 is 2.59 bits per heavy atom. The minimum atomic E-state index is 0.204. The molecule has 0 saturated carbocycles. The molecular formula is C15H15NO. The van der Waals surface area contributed by atoms with E-state index in [1.165, 1.54) is 27.4 Å². The minimum absolute atomic E-state index is 0.204. The molecule has 0 saturated heterocycles. The van der Waals surface area contributed by atoms with Crippen molar-refractivity contribution in [2.75, 3.05) is 6.61 Å². The highest BCUT2D eigenvalue weighted by Gasteiger charge is 2.07. The van der Waals surface area contributed by atoms with Crippen LogP contribution in [0.15, 0.2) is 42.5 Å². The Balaban J connectivity index is 2.36. The second-order valence-electron chi connectivity index (χ2n) is 4.40. The molecule has 0 aliphatic rings. The molecule has 0 radical (unpaired) electrons. The Hall–Kier alpha value is -1.80. The van der Waals surface area contributed by atoms with Crippen LogP contribution in [0.2, 0.25) is 0 Å². The molecule has 2 heteroatoms. The maximum absolute atomic E-state index is 8.99. The molecule has 3 aromatic rings. The molecule has 0 unspecified atom stereocenters. The summed E-state index contributed by atoms with van der Waals surface area (Å²) in [5.74, 6) is 0. The smallest absolute Gasteiger partial charge is 0.0491 e. The van der Waals surface area contributed by atoms with E-state index in [1.807, 2.05) is 0 Å². The molecule has 86 valence electrons. The molecule has 0 spiro atoms. The van der Waals surface area contributed by atoms with Gasteiger partial charge in [-0.2, -0.15) is 0 Å². The maximum atomic E-state index is 8.99. The molecule has 3 rings (SSSR count). The zero-order chi connectivity index (χ0) is 11.8. The molecule has 2 nitrogen and oxygen atoms in total. The van der Waals surface area contributed by atoms with Crippen molar-refractivity contribution in [1.82, 2.24) is 4.57 Å². The summed E-state index contributed by atoms with van der Waals surface area (Å²) in [5.41, 5.74) is 3.67. The van der Waals surface area contributed by atoms with E-state index in [-0.39, 0.29) is 6.61 Å². The predicted octanol–water partition coefficient (Wildman–Crippen LogP) is 2.87. The molecule has 0 amide bonds. The van der Waals surface area contributed by atoms with Gasteiger partial charge in [0.05, 0.1) is 0 Å². The van der Waals surface area contributed by atoms with Gasteiger partial charge in [-0.15, -0.1) is 0 Å². The van der Waals surface area contributed by atoms with Gasteiger partial charge in [-0.1, -0.05) is 30.3 Å². The van der Waals surface area contributed by atoms with E-state index in [2.05, 4.69) is 54.1 Å². The largest absolute Gasteiger partial charge is 0.396 e. The zero-order valence-electron chi connectivity index (χ0n) is 9.85. The second-order valence-corrected chi connectivity index (χ2v) is 4.40. The van der Waals surface area contributed by atoms with Crippen molar-refractivity contribution in [1.29, 1.82) is 0 Å². The maximum Gasteiger partial charge on any atom is 0.0491 e. The molecular weight excluding hydrogens is 210 g/mol. The number of nitrogens with zero attached hydrogens (tertiary/aromatic N) is 1. The van der Waals surface area contributed by atoms with Crippen molar-refractivity contribution in [3.05, 3.63) is 48.0 Å². The fourth-order valence-electron chi connectivity index (χ4n) is 2.49. The number of fused-ring (bicyclic) bond motifs is 3. The molecule has 1 N–H and O–H groups in total. The molecule has 17 heavy (non-hydrogen) atoms. The van der Waals surface area contributed by atoms with Gasteiger partial charge in [-0.05, 0) is 24.1 Å². The van der Waals surface area contributed by atoms with Crippen LogP contribution < -0.4 is 0 Å². The lowest BCUT2D eigenvalue weighted by molar-refractivity contribution is 0.299. The van der Waals surface area contributed by atoms with Crippen molar-refractivity contribution >= 4 is 21.8 Å². The second kappa shape index (κ2) is 3.90. The van der Waals surface area contributed by atoms with Crippen LogP contribution in [-0.2, 0) is 13.5 Å². The summed E-state index contributed by atoms with van der Waals surface area (Å²) in [4.78, 5) is 0. The van der Waals surface area contributed by atoms with Crippen molar-refractivity contribution in [3.63, 3.8) is 0 Å². The number of hydrogen-bond donors (Lipinski definition) is 1. The summed E-state index contributed by atoms with van der Waals surface area (Å²) in [5, 5.41) is 11.6. The lowest BCUT2D eigenvalue weighted by Gasteiger charge is -2.01. The Morgan fingerprint density at radius 1 is 1.00 bits per heavy atom. The Morgan fingerprint density at radius 2 is 1.76 bits per heavy atom. The summed E-state index contributed by atoms with van der Waals surface area (Å²) in [7, 11) is 2.09. The fraction of sp³-hybridized carbons (Fsp3) is 0.200. The summed E-state index contributed by atoms with van der Waals surface area (Å²) < 4.78 is 2.21.